The lowest BCUT2D eigenvalue weighted by Crippen LogP contribution is -2.34. The zero-order valence-electron chi connectivity index (χ0n) is 21.6. The molecule has 0 fully saturated rings. The molecule has 1 atom stereocenters. The van der Waals surface area contributed by atoms with Gasteiger partial charge in [-0.3, -0.25) is 4.98 Å². The van der Waals surface area contributed by atoms with Crippen molar-refractivity contribution in [2.24, 2.45) is 0 Å². The summed E-state index contributed by atoms with van der Waals surface area (Å²) in [5.74, 6) is -0.956. The molecule has 6 rings (SSSR count). The summed E-state index contributed by atoms with van der Waals surface area (Å²) in [6, 6.07) is 24.0. The molecule has 6 nitrogen and oxygen atoms in total. The van der Waals surface area contributed by atoms with E-state index in [0.717, 1.165) is 32.5 Å². The highest BCUT2D eigenvalue weighted by Crippen LogP contribution is 2.33. The van der Waals surface area contributed by atoms with Crippen LogP contribution in [-0.2, 0) is 19.4 Å². The van der Waals surface area contributed by atoms with E-state index in [2.05, 4.69) is 88.1 Å². The molecule has 0 amide bonds. The van der Waals surface area contributed by atoms with Crippen molar-refractivity contribution in [3.8, 4) is 11.1 Å². The number of pyridine rings is 1. The molecule has 192 valence electrons. The maximum Gasteiger partial charge on any atom is 0.337 e. The Kier molecular flexibility index (Phi) is 6.56. The molecular formula is C32H32N4O2. The Labute approximate surface area is 223 Å². The van der Waals surface area contributed by atoms with Crippen molar-refractivity contribution >= 4 is 17.3 Å². The summed E-state index contributed by atoms with van der Waals surface area (Å²) in [4.78, 5) is 18.1. The van der Waals surface area contributed by atoms with Crippen LogP contribution in [0.4, 0.5) is 11.4 Å². The van der Waals surface area contributed by atoms with E-state index < -0.39 is 5.97 Å². The molecule has 38 heavy (non-hydrogen) atoms. The van der Waals surface area contributed by atoms with Crippen LogP contribution in [0.5, 0.6) is 0 Å². The normalized spacial score (nSPS) is 16.4. The Morgan fingerprint density at radius 2 is 1.92 bits per heavy atom. The Morgan fingerprint density at radius 3 is 2.76 bits per heavy atom. The summed E-state index contributed by atoms with van der Waals surface area (Å²) in [5.41, 5.74) is 11.3. The van der Waals surface area contributed by atoms with Gasteiger partial charge in [-0.05, 0) is 83.5 Å². The fraction of sp³-hybridized carbons (Fsp3) is 0.250. The lowest BCUT2D eigenvalue weighted by atomic mass is 9.89. The lowest BCUT2D eigenvalue weighted by molar-refractivity contribution is 0.0697. The van der Waals surface area contributed by atoms with Crippen LogP contribution in [-0.4, -0.2) is 35.7 Å². The first-order valence-corrected chi connectivity index (χ1v) is 13.3. The van der Waals surface area contributed by atoms with E-state index in [9.17, 15) is 9.90 Å². The predicted molar refractivity (Wildman–Crippen MR) is 152 cm³/mol. The molecule has 2 aliphatic heterocycles. The van der Waals surface area contributed by atoms with Gasteiger partial charge in [-0.25, -0.2) is 4.79 Å². The second kappa shape index (κ2) is 10.3. The molecule has 0 aliphatic carbocycles. The van der Waals surface area contributed by atoms with Gasteiger partial charge in [0.05, 0.1) is 17.4 Å². The highest BCUT2D eigenvalue weighted by Gasteiger charge is 2.22. The maximum absolute atomic E-state index is 11.5. The van der Waals surface area contributed by atoms with Gasteiger partial charge in [-0.15, -0.1) is 0 Å². The minimum absolute atomic E-state index is 0.0973. The van der Waals surface area contributed by atoms with Crippen LogP contribution < -0.4 is 15.5 Å². The Morgan fingerprint density at radius 1 is 1.05 bits per heavy atom. The number of fused-ring (bicyclic) bond motifs is 2. The van der Waals surface area contributed by atoms with Crippen LogP contribution in [0.3, 0.4) is 0 Å². The number of nitrogens with zero attached hydrogens (tertiary/aromatic N) is 2. The van der Waals surface area contributed by atoms with Gasteiger partial charge in [0.2, 0.25) is 0 Å². The number of aryl methyl sites for hydroxylation is 1. The molecule has 3 heterocycles. The van der Waals surface area contributed by atoms with Gasteiger partial charge in [0.15, 0.2) is 0 Å². The first-order valence-electron chi connectivity index (χ1n) is 13.3. The van der Waals surface area contributed by atoms with Crippen molar-refractivity contribution in [3.05, 3.63) is 113 Å². The Bertz CT molecular complexity index is 1500. The van der Waals surface area contributed by atoms with Gasteiger partial charge in [-0.2, -0.15) is 0 Å². The topological polar surface area (TPSA) is 77.5 Å². The number of hydrogen-bond donors (Lipinski definition) is 3. The summed E-state index contributed by atoms with van der Waals surface area (Å²) in [5, 5.41) is 16.3. The molecular weight excluding hydrogens is 472 g/mol. The highest BCUT2D eigenvalue weighted by molar-refractivity contribution is 5.93. The molecule has 0 radical (unpaired) electrons. The fourth-order valence-corrected chi connectivity index (χ4v) is 5.82. The summed E-state index contributed by atoms with van der Waals surface area (Å²) in [6.07, 6.45) is 5.14. The predicted octanol–water partition coefficient (Wildman–Crippen LogP) is 5.62. The van der Waals surface area contributed by atoms with Crippen molar-refractivity contribution in [3.63, 3.8) is 0 Å². The molecule has 4 aromatic rings. The van der Waals surface area contributed by atoms with Crippen LogP contribution in [0, 0.1) is 6.92 Å². The summed E-state index contributed by atoms with van der Waals surface area (Å²) >= 11 is 0. The largest absolute Gasteiger partial charge is 0.478 e. The number of carboxylic acid groups (broad SMARTS) is 1. The van der Waals surface area contributed by atoms with Gasteiger partial charge in [-0.1, -0.05) is 48.5 Å². The molecule has 0 saturated heterocycles. The van der Waals surface area contributed by atoms with Crippen LogP contribution in [0.25, 0.3) is 11.1 Å². The van der Waals surface area contributed by atoms with E-state index in [1.54, 1.807) is 6.20 Å². The second-order valence-corrected chi connectivity index (χ2v) is 10.2. The van der Waals surface area contributed by atoms with E-state index in [0.29, 0.717) is 12.2 Å². The van der Waals surface area contributed by atoms with Gasteiger partial charge in [0.25, 0.3) is 0 Å². The number of benzene rings is 3. The monoisotopic (exact) mass is 504 g/mol. The third kappa shape index (κ3) is 4.75. The van der Waals surface area contributed by atoms with E-state index in [-0.39, 0.29) is 11.6 Å². The molecule has 0 spiro atoms. The zero-order chi connectivity index (χ0) is 26.1. The van der Waals surface area contributed by atoms with Crippen LogP contribution in [0.2, 0.25) is 0 Å². The van der Waals surface area contributed by atoms with Crippen molar-refractivity contribution in [2.75, 3.05) is 29.9 Å². The number of carbonyl (C=O) groups is 1. The van der Waals surface area contributed by atoms with E-state index in [4.69, 9.17) is 0 Å². The third-order valence-electron chi connectivity index (χ3n) is 7.87. The number of aromatic nitrogens is 1. The lowest BCUT2D eigenvalue weighted by Gasteiger charge is -2.31. The number of hydrogen-bond acceptors (Lipinski definition) is 5. The minimum Gasteiger partial charge on any atom is -0.478 e. The van der Waals surface area contributed by atoms with Gasteiger partial charge in [0.1, 0.15) is 0 Å². The van der Waals surface area contributed by atoms with Crippen molar-refractivity contribution in [2.45, 2.75) is 32.4 Å². The fourth-order valence-electron chi connectivity index (χ4n) is 5.82. The second-order valence-electron chi connectivity index (χ2n) is 10.2. The quantitative estimate of drug-likeness (QED) is 0.317. The number of anilines is 2. The molecule has 2 aliphatic rings. The molecule has 0 saturated carbocycles. The Hall–Kier alpha value is -4.16. The van der Waals surface area contributed by atoms with E-state index in [1.165, 1.54) is 56.9 Å². The van der Waals surface area contributed by atoms with Gasteiger partial charge in [0, 0.05) is 37.6 Å². The molecule has 3 N–H and O–H groups in total. The van der Waals surface area contributed by atoms with E-state index >= 15 is 0 Å². The summed E-state index contributed by atoms with van der Waals surface area (Å²) in [7, 11) is 0. The average molecular weight is 505 g/mol. The van der Waals surface area contributed by atoms with Gasteiger partial charge >= 0.3 is 5.97 Å². The smallest absolute Gasteiger partial charge is 0.337 e. The number of carboxylic acids is 1. The third-order valence-corrected chi connectivity index (χ3v) is 7.87. The number of nitrogens with one attached hydrogen (secondary N) is 2. The summed E-state index contributed by atoms with van der Waals surface area (Å²) < 4.78 is 0. The highest BCUT2D eigenvalue weighted by atomic mass is 16.4. The van der Waals surface area contributed by atoms with E-state index in [1.807, 2.05) is 0 Å². The zero-order valence-corrected chi connectivity index (χ0v) is 21.6. The standard InChI is InChI=1S/C32H32N4O2/c1-21-16-26(36-15-12-22-4-2-3-5-25(22)20-36)7-9-27(21)23-6-8-28-24(17-23)10-14-34-31(28)19-35-30-18-33-13-11-29(30)32(37)38/h2-9,11,13,16-18,31,34-35H,10,12,14-15,19-20H2,1H3,(H,37,38)/t31-/m1/s1. The molecule has 6 heteroatoms. The minimum atomic E-state index is -0.956. The van der Waals surface area contributed by atoms with Crippen molar-refractivity contribution in [1.82, 2.24) is 10.3 Å². The molecule has 1 aromatic heterocycles. The molecule has 0 unspecified atom stereocenters. The van der Waals surface area contributed by atoms with Crippen LogP contribution >= 0.6 is 0 Å². The SMILES string of the molecule is Cc1cc(N2CCc3ccccc3C2)ccc1-c1ccc2c(c1)CCN[C@@H]2CNc1cnccc1C(=O)O. The number of rotatable bonds is 6. The van der Waals surface area contributed by atoms with Crippen molar-refractivity contribution < 1.29 is 9.90 Å². The first kappa shape index (κ1) is 24.2. The maximum atomic E-state index is 11.5. The molecule has 3 aromatic carbocycles. The van der Waals surface area contributed by atoms with Gasteiger partial charge < -0.3 is 20.6 Å². The molecule has 0 bridgehead atoms. The number of aromatic carboxylic acids is 1. The van der Waals surface area contributed by atoms with Crippen molar-refractivity contribution in [1.29, 1.82) is 0 Å². The Balaban J connectivity index is 1.20. The van der Waals surface area contributed by atoms with Crippen LogP contribution in [0.1, 0.15) is 44.2 Å². The summed E-state index contributed by atoms with van der Waals surface area (Å²) in [6.45, 7) is 5.69. The average Bonchev–Trinajstić information content (AvgIpc) is 2.95. The van der Waals surface area contributed by atoms with Crippen LogP contribution in [0.15, 0.2) is 79.1 Å². The first-order chi connectivity index (χ1) is 18.6.